The molecule has 1 aromatic rings. The minimum Gasteiger partial charge on any atom is -0.481 e. The van der Waals surface area contributed by atoms with Crippen LogP contribution in [0, 0.1) is 6.92 Å². The monoisotopic (exact) mass is 255 g/mol. The SMILES string of the molecule is CCSCCC(C)Nc1cc(OC)nc(C)n1. The Kier molecular flexibility index (Phi) is 6.11. The summed E-state index contributed by atoms with van der Waals surface area (Å²) in [6, 6.07) is 2.24. The first-order valence-corrected chi connectivity index (χ1v) is 7.05. The van der Waals surface area contributed by atoms with Gasteiger partial charge >= 0.3 is 0 Å². The molecule has 0 aliphatic heterocycles. The molecule has 1 aromatic heterocycles. The van der Waals surface area contributed by atoms with Crippen LogP contribution in [0.25, 0.3) is 0 Å². The zero-order chi connectivity index (χ0) is 12.7. The molecule has 0 spiro atoms. The standard InChI is InChI=1S/C12H21N3OS/c1-5-17-7-6-9(2)13-11-8-12(16-4)15-10(3)14-11/h8-9H,5-7H2,1-4H3,(H,13,14,15). The molecule has 0 aliphatic rings. The summed E-state index contributed by atoms with van der Waals surface area (Å²) >= 11 is 1.96. The van der Waals surface area contributed by atoms with Gasteiger partial charge in [-0.05, 0) is 31.8 Å². The van der Waals surface area contributed by atoms with Crippen molar-refractivity contribution >= 4 is 17.6 Å². The van der Waals surface area contributed by atoms with E-state index in [0.717, 1.165) is 18.1 Å². The summed E-state index contributed by atoms with van der Waals surface area (Å²) in [5.74, 6) is 4.51. The van der Waals surface area contributed by atoms with Gasteiger partial charge in [-0.15, -0.1) is 0 Å². The summed E-state index contributed by atoms with van der Waals surface area (Å²) in [7, 11) is 1.62. The van der Waals surface area contributed by atoms with Crippen LogP contribution < -0.4 is 10.1 Å². The number of anilines is 1. The van der Waals surface area contributed by atoms with E-state index in [1.165, 1.54) is 11.5 Å². The highest BCUT2D eigenvalue weighted by Crippen LogP contribution is 2.15. The van der Waals surface area contributed by atoms with Gasteiger partial charge in [0, 0.05) is 12.1 Å². The van der Waals surface area contributed by atoms with Gasteiger partial charge in [0.2, 0.25) is 5.88 Å². The number of aromatic nitrogens is 2. The van der Waals surface area contributed by atoms with Crippen LogP contribution in [0.3, 0.4) is 0 Å². The Labute approximate surface area is 108 Å². The van der Waals surface area contributed by atoms with Crippen LogP contribution in [0.1, 0.15) is 26.1 Å². The topological polar surface area (TPSA) is 47.0 Å². The van der Waals surface area contributed by atoms with Gasteiger partial charge in [0.15, 0.2) is 0 Å². The molecule has 0 saturated heterocycles. The third kappa shape index (κ3) is 5.26. The van der Waals surface area contributed by atoms with Gasteiger partial charge in [0.25, 0.3) is 0 Å². The molecule has 0 aromatic carbocycles. The van der Waals surface area contributed by atoms with E-state index in [1.807, 2.05) is 24.8 Å². The maximum atomic E-state index is 5.12. The lowest BCUT2D eigenvalue weighted by Gasteiger charge is -2.14. The lowest BCUT2D eigenvalue weighted by molar-refractivity contribution is 0.396. The Balaban J connectivity index is 2.52. The van der Waals surface area contributed by atoms with Crippen LogP contribution in [0.2, 0.25) is 0 Å². The molecule has 5 heteroatoms. The first kappa shape index (κ1) is 14.1. The highest BCUT2D eigenvalue weighted by molar-refractivity contribution is 7.99. The molecule has 1 N–H and O–H groups in total. The smallest absolute Gasteiger partial charge is 0.218 e. The molecule has 4 nitrogen and oxygen atoms in total. The lowest BCUT2D eigenvalue weighted by atomic mass is 10.2. The second-order valence-electron chi connectivity index (χ2n) is 3.87. The van der Waals surface area contributed by atoms with Crippen molar-refractivity contribution in [3.05, 3.63) is 11.9 Å². The molecule has 1 atom stereocenters. The maximum Gasteiger partial charge on any atom is 0.218 e. The second kappa shape index (κ2) is 7.37. The number of hydrogen-bond acceptors (Lipinski definition) is 5. The van der Waals surface area contributed by atoms with Gasteiger partial charge in [-0.1, -0.05) is 6.92 Å². The zero-order valence-electron chi connectivity index (χ0n) is 11.0. The fourth-order valence-electron chi connectivity index (χ4n) is 1.45. The van der Waals surface area contributed by atoms with Crippen LogP contribution in [0.4, 0.5) is 5.82 Å². The molecule has 0 bridgehead atoms. The van der Waals surface area contributed by atoms with E-state index >= 15 is 0 Å². The third-order valence-corrected chi connectivity index (χ3v) is 3.25. The molecule has 1 heterocycles. The van der Waals surface area contributed by atoms with Crippen LogP contribution in [-0.4, -0.2) is 34.6 Å². The van der Waals surface area contributed by atoms with Crippen LogP contribution in [0.15, 0.2) is 6.07 Å². The van der Waals surface area contributed by atoms with Gasteiger partial charge in [-0.25, -0.2) is 4.98 Å². The Morgan fingerprint density at radius 2 is 2.24 bits per heavy atom. The second-order valence-corrected chi connectivity index (χ2v) is 5.27. The molecule has 0 saturated carbocycles. The van der Waals surface area contributed by atoms with E-state index in [1.54, 1.807) is 7.11 Å². The van der Waals surface area contributed by atoms with Crippen LogP contribution >= 0.6 is 11.8 Å². The number of hydrogen-bond donors (Lipinski definition) is 1. The van der Waals surface area contributed by atoms with Crippen molar-refractivity contribution < 1.29 is 4.74 Å². The largest absolute Gasteiger partial charge is 0.481 e. The van der Waals surface area contributed by atoms with Crippen molar-refractivity contribution in [1.29, 1.82) is 0 Å². The van der Waals surface area contributed by atoms with E-state index in [2.05, 4.69) is 29.1 Å². The predicted octanol–water partition coefficient (Wildman–Crippen LogP) is 2.74. The molecule has 17 heavy (non-hydrogen) atoms. The molecule has 0 radical (unpaired) electrons. The van der Waals surface area contributed by atoms with E-state index in [-0.39, 0.29) is 0 Å². The molecule has 0 fully saturated rings. The predicted molar refractivity (Wildman–Crippen MR) is 74.0 cm³/mol. The molecular weight excluding hydrogens is 234 g/mol. The van der Waals surface area contributed by atoms with Crippen LogP contribution in [-0.2, 0) is 0 Å². The number of thioether (sulfide) groups is 1. The summed E-state index contributed by atoms with van der Waals surface area (Å²) in [6.07, 6.45) is 1.13. The number of ether oxygens (including phenoxy) is 1. The van der Waals surface area contributed by atoms with Crippen molar-refractivity contribution in [3.63, 3.8) is 0 Å². The highest BCUT2D eigenvalue weighted by Gasteiger charge is 2.05. The average Bonchev–Trinajstić information content (AvgIpc) is 2.28. The third-order valence-electron chi connectivity index (χ3n) is 2.32. The Morgan fingerprint density at radius 1 is 1.47 bits per heavy atom. The lowest BCUT2D eigenvalue weighted by Crippen LogP contribution is -2.17. The molecule has 0 amide bonds. The van der Waals surface area contributed by atoms with E-state index in [9.17, 15) is 0 Å². The molecule has 96 valence electrons. The fraction of sp³-hybridized carbons (Fsp3) is 0.667. The van der Waals surface area contributed by atoms with Gasteiger partial charge < -0.3 is 10.1 Å². The van der Waals surface area contributed by atoms with Gasteiger partial charge in [-0.2, -0.15) is 16.7 Å². The highest BCUT2D eigenvalue weighted by atomic mass is 32.2. The molecule has 0 aliphatic carbocycles. The van der Waals surface area contributed by atoms with Crippen molar-refractivity contribution in [1.82, 2.24) is 9.97 Å². The number of rotatable bonds is 7. The van der Waals surface area contributed by atoms with Crippen molar-refractivity contribution in [2.75, 3.05) is 23.9 Å². The Bertz CT molecular complexity index is 347. The van der Waals surface area contributed by atoms with Crippen LogP contribution in [0.5, 0.6) is 5.88 Å². The number of aryl methyl sites for hydroxylation is 1. The van der Waals surface area contributed by atoms with Crippen molar-refractivity contribution in [2.45, 2.75) is 33.2 Å². The Morgan fingerprint density at radius 3 is 2.88 bits per heavy atom. The number of nitrogens with zero attached hydrogens (tertiary/aromatic N) is 2. The zero-order valence-corrected chi connectivity index (χ0v) is 11.8. The minimum absolute atomic E-state index is 0.410. The van der Waals surface area contributed by atoms with Gasteiger partial charge in [-0.3, -0.25) is 0 Å². The summed E-state index contributed by atoms with van der Waals surface area (Å²) in [5.41, 5.74) is 0. The fourth-order valence-corrected chi connectivity index (χ4v) is 2.26. The van der Waals surface area contributed by atoms with Crippen molar-refractivity contribution in [3.8, 4) is 5.88 Å². The summed E-state index contributed by atoms with van der Waals surface area (Å²) < 4.78 is 5.12. The number of nitrogens with one attached hydrogen (secondary N) is 1. The average molecular weight is 255 g/mol. The Hall–Kier alpha value is -0.970. The summed E-state index contributed by atoms with van der Waals surface area (Å²) in [4.78, 5) is 8.50. The summed E-state index contributed by atoms with van der Waals surface area (Å²) in [6.45, 7) is 6.22. The molecular formula is C12H21N3OS. The normalized spacial score (nSPS) is 12.2. The first-order chi connectivity index (χ1) is 8.15. The molecule has 1 unspecified atom stereocenters. The van der Waals surface area contributed by atoms with E-state index in [0.29, 0.717) is 11.9 Å². The number of methoxy groups -OCH3 is 1. The first-order valence-electron chi connectivity index (χ1n) is 5.89. The van der Waals surface area contributed by atoms with Gasteiger partial charge in [0.1, 0.15) is 11.6 Å². The summed E-state index contributed by atoms with van der Waals surface area (Å²) in [5, 5.41) is 3.37. The van der Waals surface area contributed by atoms with Crippen molar-refractivity contribution in [2.24, 2.45) is 0 Å². The molecule has 1 rings (SSSR count). The minimum atomic E-state index is 0.410. The maximum absolute atomic E-state index is 5.12. The van der Waals surface area contributed by atoms with E-state index in [4.69, 9.17) is 4.74 Å². The van der Waals surface area contributed by atoms with Gasteiger partial charge in [0.05, 0.1) is 7.11 Å². The quantitative estimate of drug-likeness (QED) is 0.759. The van der Waals surface area contributed by atoms with E-state index < -0.39 is 0 Å².